The number of benzene rings is 2. The molecule has 23 heavy (non-hydrogen) atoms. The summed E-state index contributed by atoms with van der Waals surface area (Å²) in [5.41, 5.74) is 1.35. The quantitative estimate of drug-likeness (QED) is 0.459. The first-order valence-electron chi connectivity index (χ1n) is 7.03. The van der Waals surface area contributed by atoms with Crippen molar-refractivity contribution in [3.05, 3.63) is 80.9 Å². The van der Waals surface area contributed by atoms with Crippen LogP contribution < -0.4 is 0 Å². The molecule has 2 aromatic rings. The highest BCUT2D eigenvalue weighted by molar-refractivity contribution is 6.30. The van der Waals surface area contributed by atoms with E-state index in [0.29, 0.717) is 16.1 Å². The normalized spacial score (nSPS) is 13.1. The van der Waals surface area contributed by atoms with E-state index in [9.17, 15) is 14.9 Å². The lowest BCUT2D eigenvalue weighted by atomic mass is 9.81. The van der Waals surface area contributed by atoms with Crippen molar-refractivity contribution in [3.63, 3.8) is 0 Å². The Balaban J connectivity index is 2.49. The average molecular weight is 334 g/mol. The van der Waals surface area contributed by atoms with Crippen molar-refractivity contribution in [2.24, 2.45) is 0 Å². The summed E-state index contributed by atoms with van der Waals surface area (Å²) in [5.74, 6) is -1.90. The SMILES string of the molecule is COC(=O)C(c1ccccc1)C(C[N+](=O)[O-])c1ccc(Cl)cc1. The molecule has 0 amide bonds. The van der Waals surface area contributed by atoms with Crippen LogP contribution in [-0.4, -0.2) is 24.5 Å². The van der Waals surface area contributed by atoms with Crippen LogP contribution in [0.1, 0.15) is 23.0 Å². The molecule has 5 nitrogen and oxygen atoms in total. The van der Waals surface area contributed by atoms with E-state index in [1.54, 1.807) is 48.5 Å². The van der Waals surface area contributed by atoms with Gasteiger partial charge in [0, 0.05) is 9.95 Å². The van der Waals surface area contributed by atoms with Crippen LogP contribution in [0.5, 0.6) is 0 Å². The molecule has 0 heterocycles. The van der Waals surface area contributed by atoms with Gasteiger partial charge < -0.3 is 4.74 Å². The van der Waals surface area contributed by atoms with Gasteiger partial charge in [-0.2, -0.15) is 0 Å². The van der Waals surface area contributed by atoms with Crippen molar-refractivity contribution < 1.29 is 14.5 Å². The summed E-state index contributed by atoms with van der Waals surface area (Å²) in [4.78, 5) is 23.0. The lowest BCUT2D eigenvalue weighted by Gasteiger charge is -2.23. The summed E-state index contributed by atoms with van der Waals surface area (Å²) < 4.78 is 4.89. The molecule has 2 atom stereocenters. The zero-order valence-corrected chi connectivity index (χ0v) is 13.3. The second-order valence-corrected chi connectivity index (χ2v) is 5.52. The summed E-state index contributed by atoms with van der Waals surface area (Å²) in [6.45, 7) is -0.379. The van der Waals surface area contributed by atoms with Gasteiger partial charge in [0.1, 0.15) is 0 Å². The molecule has 0 aromatic heterocycles. The van der Waals surface area contributed by atoms with Crippen molar-refractivity contribution in [2.45, 2.75) is 11.8 Å². The van der Waals surface area contributed by atoms with Gasteiger partial charge >= 0.3 is 5.97 Å². The van der Waals surface area contributed by atoms with Crippen molar-refractivity contribution in [1.29, 1.82) is 0 Å². The smallest absolute Gasteiger partial charge is 0.314 e. The van der Waals surface area contributed by atoms with E-state index < -0.39 is 22.7 Å². The number of rotatable bonds is 6. The van der Waals surface area contributed by atoms with E-state index >= 15 is 0 Å². The Labute approximate surface area is 139 Å². The minimum absolute atomic E-state index is 0.379. The molecule has 0 N–H and O–H groups in total. The second-order valence-electron chi connectivity index (χ2n) is 5.08. The van der Waals surface area contributed by atoms with Crippen LogP contribution in [0.2, 0.25) is 5.02 Å². The fraction of sp³-hybridized carbons (Fsp3) is 0.235. The highest BCUT2D eigenvalue weighted by Gasteiger charge is 2.35. The molecule has 6 heteroatoms. The molecule has 2 rings (SSSR count). The summed E-state index contributed by atoms with van der Waals surface area (Å²) in [6, 6.07) is 15.7. The number of nitro groups is 1. The zero-order valence-electron chi connectivity index (χ0n) is 12.5. The maximum absolute atomic E-state index is 12.3. The average Bonchev–Trinajstić information content (AvgIpc) is 2.55. The Morgan fingerprint density at radius 3 is 2.26 bits per heavy atom. The third-order valence-corrected chi connectivity index (χ3v) is 3.91. The van der Waals surface area contributed by atoms with Crippen LogP contribution in [0.4, 0.5) is 0 Å². The summed E-state index contributed by atoms with van der Waals surface area (Å²) >= 11 is 5.88. The predicted molar refractivity (Wildman–Crippen MR) is 87.3 cm³/mol. The van der Waals surface area contributed by atoms with Crippen molar-refractivity contribution in [1.82, 2.24) is 0 Å². The molecular weight excluding hydrogens is 318 g/mol. The maximum atomic E-state index is 12.3. The zero-order chi connectivity index (χ0) is 16.8. The standard InChI is InChI=1S/C17H16ClNO4/c1-23-17(20)16(13-5-3-2-4-6-13)15(11-19(21)22)12-7-9-14(18)10-8-12/h2-10,15-16H,11H2,1H3. The number of carbonyl (C=O) groups excluding carboxylic acids is 1. The fourth-order valence-corrected chi connectivity index (χ4v) is 2.72. The highest BCUT2D eigenvalue weighted by atomic mass is 35.5. The van der Waals surface area contributed by atoms with Crippen molar-refractivity contribution in [3.8, 4) is 0 Å². The van der Waals surface area contributed by atoms with Gasteiger partial charge in [-0.15, -0.1) is 0 Å². The summed E-state index contributed by atoms with van der Waals surface area (Å²) in [6.07, 6.45) is 0. The lowest BCUT2D eigenvalue weighted by molar-refractivity contribution is -0.483. The van der Waals surface area contributed by atoms with E-state index in [4.69, 9.17) is 16.3 Å². The number of ether oxygens (including phenoxy) is 1. The van der Waals surface area contributed by atoms with E-state index in [1.807, 2.05) is 6.07 Å². The molecule has 0 aliphatic heterocycles. The first-order valence-corrected chi connectivity index (χ1v) is 7.40. The van der Waals surface area contributed by atoms with Gasteiger partial charge in [0.25, 0.3) is 0 Å². The molecular formula is C17H16ClNO4. The highest BCUT2D eigenvalue weighted by Crippen LogP contribution is 2.34. The second kappa shape index (κ2) is 7.74. The minimum atomic E-state index is -0.757. The number of hydrogen-bond acceptors (Lipinski definition) is 4. The topological polar surface area (TPSA) is 69.4 Å². The Hall–Kier alpha value is -2.40. The molecule has 0 spiro atoms. The molecule has 0 saturated heterocycles. The van der Waals surface area contributed by atoms with Gasteiger partial charge in [-0.3, -0.25) is 14.9 Å². The van der Waals surface area contributed by atoms with Crippen LogP contribution in [0, 0.1) is 10.1 Å². The minimum Gasteiger partial charge on any atom is -0.469 e. The van der Waals surface area contributed by atoms with Crippen LogP contribution in [0.3, 0.4) is 0 Å². The Morgan fingerprint density at radius 2 is 1.74 bits per heavy atom. The van der Waals surface area contributed by atoms with E-state index in [1.165, 1.54) is 7.11 Å². The van der Waals surface area contributed by atoms with E-state index in [0.717, 1.165) is 0 Å². The Kier molecular flexibility index (Phi) is 5.71. The van der Waals surface area contributed by atoms with Crippen molar-refractivity contribution in [2.75, 3.05) is 13.7 Å². The molecule has 0 aliphatic rings. The first kappa shape index (κ1) is 17.0. The molecule has 2 aromatic carbocycles. The Morgan fingerprint density at radius 1 is 1.13 bits per heavy atom. The lowest BCUT2D eigenvalue weighted by Crippen LogP contribution is -2.27. The van der Waals surface area contributed by atoms with Crippen LogP contribution in [0.15, 0.2) is 54.6 Å². The van der Waals surface area contributed by atoms with Gasteiger partial charge in [-0.1, -0.05) is 54.1 Å². The summed E-state index contributed by atoms with van der Waals surface area (Å²) in [5, 5.41) is 11.7. The van der Waals surface area contributed by atoms with E-state index in [-0.39, 0.29) is 6.54 Å². The van der Waals surface area contributed by atoms with Crippen LogP contribution >= 0.6 is 11.6 Å². The summed E-state index contributed by atoms with van der Waals surface area (Å²) in [7, 11) is 1.28. The number of carbonyl (C=O) groups is 1. The molecule has 0 fully saturated rings. The molecule has 0 bridgehead atoms. The molecule has 120 valence electrons. The number of halogens is 1. The monoisotopic (exact) mass is 333 g/mol. The maximum Gasteiger partial charge on any atom is 0.314 e. The van der Waals surface area contributed by atoms with E-state index in [2.05, 4.69) is 0 Å². The third kappa shape index (κ3) is 4.29. The molecule has 0 radical (unpaired) electrons. The van der Waals surface area contributed by atoms with Crippen LogP contribution in [-0.2, 0) is 9.53 Å². The number of hydrogen-bond donors (Lipinski definition) is 0. The molecule has 0 aliphatic carbocycles. The molecule has 0 saturated carbocycles. The van der Waals surface area contributed by atoms with Gasteiger partial charge in [-0.05, 0) is 23.3 Å². The predicted octanol–water partition coefficient (Wildman–Crippen LogP) is 3.66. The number of methoxy groups -OCH3 is 1. The van der Waals surface area contributed by atoms with Gasteiger partial charge in [-0.25, -0.2) is 0 Å². The fourth-order valence-electron chi connectivity index (χ4n) is 2.59. The van der Waals surface area contributed by atoms with Crippen molar-refractivity contribution >= 4 is 17.6 Å². The third-order valence-electron chi connectivity index (χ3n) is 3.66. The van der Waals surface area contributed by atoms with Gasteiger partial charge in [0.15, 0.2) is 0 Å². The van der Waals surface area contributed by atoms with Gasteiger partial charge in [0.05, 0.1) is 18.9 Å². The van der Waals surface area contributed by atoms with Gasteiger partial charge in [0.2, 0.25) is 6.54 Å². The Bertz CT molecular complexity index is 673. The first-order chi connectivity index (χ1) is 11.0. The number of nitrogens with zero attached hydrogens (tertiary/aromatic N) is 1. The molecule has 2 unspecified atom stereocenters. The van der Waals surface area contributed by atoms with Crippen LogP contribution in [0.25, 0.3) is 0 Å². The number of esters is 1. The largest absolute Gasteiger partial charge is 0.469 e.